The van der Waals surface area contributed by atoms with Gasteiger partial charge in [-0.3, -0.25) is 4.79 Å². The third-order valence-electron chi connectivity index (χ3n) is 6.09. The molecule has 0 bridgehead atoms. The summed E-state index contributed by atoms with van der Waals surface area (Å²) in [5, 5.41) is 22.1. The maximum absolute atomic E-state index is 13.1. The van der Waals surface area contributed by atoms with Gasteiger partial charge in [-0.05, 0) is 43.7 Å². The van der Waals surface area contributed by atoms with E-state index in [9.17, 15) is 9.90 Å². The van der Waals surface area contributed by atoms with Gasteiger partial charge in [0.15, 0.2) is 11.2 Å². The molecule has 5 aromatic rings. The highest BCUT2D eigenvalue weighted by atomic mass is 16.5. The number of anilines is 1. The number of hydrogen-bond donors (Lipinski definition) is 2. The number of aliphatic hydroxyl groups excluding tert-OH is 1. The molecule has 2 aromatic heterocycles. The number of methoxy groups -OCH3 is 1. The van der Waals surface area contributed by atoms with Gasteiger partial charge in [0.05, 0.1) is 37.0 Å². The lowest BCUT2D eigenvalue weighted by Gasteiger charge is -2.19. The molecule has 0 saturated heterocycles. The maximum atomic E-state index is 13.1. The molecule has 8 heteroatoms. The zero-order valence-electron chi connectivity index (χ0n) is 20.2. The Hall–Kier alpha value is -4.43. The summed E-state index contributed by atoms with van der Waals surface area (Å²) in [6, 6.07) is 20.1. The van der Waals surface area contributed by atoms with E-state index in [1.54, 1.807) is 18.0 Å². The van der Waals surface area contributed by atoms with Gasteiger partial charge in [-0.2, -0.15) is 0 Å². The first-order valence-corrected chi connectivity index (χ1v) is 11.6. The first-order valence-electron chi connectivity index (χ1n) is 11.6. The van der Waals surface area contributed by atoms with E-state index >= 15 is 0 Å². The van der Waals surface area contributed by atoms with Gasteiger partial charge in [-0.1, -0.05) is 35.5 Å². The lowest BCUT2D eigenvalue weighted by Crippen LogP contribution is -2.11. The third-order valence-corrected chi connectivity index (χ3v) is 6.09. The maximum Gasteiger partial charge on any atom is 0.193 e. The van der Waals surface area contributed by atoms with Crippen molar-refractivity contribution in [3.8, 4) is 22.9 Å². The largest absolute Gasteiger partial charge is 0.497 e. The molecule has 1 atom stereocenters. The number of rotatable bonds is 7. The van der Waals surface area contributed by atoms with E-state index in [0.717, 1.165) is 28.1 Å². The molecule has 0 aliphatic heterocycles. The number of nitrogens with zero attached hydrogens (tertiary/aromatic N) is 3. The number of ether oxygens (including phenoxy) is 1. The number of para-hydroxylation sites is 1. The number of hydrogen-bond acceptors (Lipinski definition) is 7. The van der Waals surface area contributed by atoms with Crippen molar-refractivity contribution >= 4 is 16.7 Å². The van der Waals surface area contributed by atoms with Crippen LogP contribution in [0.1, 0.15) is 29.7 Å². The second kappa shape index (κ2) is 9.67. The monoisotopic (exact) mass is 482 g/mol. The predicted molar refractivity (Wildman–Crippen MR) is 139 cm³/mol. The van der Waals surface area contributed by atoms with Gasteiger partial charge in [0.25, 0.3) is 0 Å². The molecule has 0 saturated carbocycles. The van der Waals surface area contributed by atoms with Crippen molar-refractivity contribution in [3.63, 3.8) is 0 Å². The number of fused-ring (bicyclic) bond motifs is 1. The van der Waals surface area contributed by atoms with Gasteiger partial charge in [0.2, 0.25) is 0 Å². The van der Waals surface area contributed by atoms with Gasteiger partial charge in [0, 0.05) is 28.9 Å². The molecular formula is C28H26N4O4. The molecule has 0 aliphatic rings. The molecule has 0 amide bonds. The number of aryl methyl sites for hydroxylation is 1. The minimum atomic E-state index is -0.203. The lowest BCUT2D eigenvalue weighted by molar-refractivity contribution is 0.282. The quantitative estimate of drug-likeness (QED) is 0.336. The Kier molecular flexibility index (Phi) is 6.26. The van der Waals surface area contributed by atoms with Crippen LogP contribution in [0.4, 0.5) is 5.69 Å². The highest BCUT2D eigenvalue weighted by Gasteiger charge is 2.18. The highest BCUT2D eigenvalue weighted by Crippen LogP contribution is 2.31. The van der Waals surface area contributed by atoms with E-state index in [2.05, 4.69) is 15.6 Å². The molecule has 0 spiro atoms. The topological polar surface area (TPSA) is 102 Å². The van der Waals surface area contributed by atoms with Crippen molar-refractivity contribution in [3.05, 3.63) is 99.8 Å². The molecule has 3 aromatic carbocycles. The summed E-state index contributed by atoms with van der Waals surface area (Å²) >= 11 is 0. The average Bonchev–Trinajstić information content (AvgIpc) is 3.39. The van der Waals surface area contributed by atoms with Gasteiger partial charge >= 0.3 is 0 Å². The third kappa shape index (κ3) is 4.46. The number of aromatic nitrogens is 3. The fourth-order valence-corrected chi connectivity index (χ4v) is 4.25. The second-order valence-electron chi connectivity index (χ2n) is 8.64. The molecule has 5 rings (SSSR count). The van der Waals surface area contributed by atoms with Gasteiger partial charge in [-0.25, -0.2) is 4.68 Å². The van der Waals surface area contributed by atoms with Crippen LogP contribution in [-0.2, 0) is 6.61 Å². The SMILES string of the molecule is COc1cccc(-n2cc(-c3cc(=O)c4cc(C)cc(C(C)Nc5ccccc5CO)c4o3)nn2)c1. The summed E-state index contributed by atoms with van der Waals surface area (Å²) in [6.45, 7) is 3.87. The fraction of sp³-hybridized carbons (Fsp3) is 0.179. The summed E-state index contributed by atoms with van der Waals surface area (Å²) in [6.07, 6.45) is 1.71. The zero-order valence-corrected chi connectivity index (χ0v) is 20.2. The van der Waals surface area contributed by atoms with Crippen molar-refractivity contribution in [2.24, 2.45) is 0 Å². The first-order chi connectivity index (χ1) is 17.5. The Morgan fingerprint density at radius 2 is 1.94 bits per heavy atom. The van der Waals surface area contributed by atoms with E-state index in [4.69, 9.17) is 9.15 Å². The number of aliphatic hydroxyl groups is 1. The molecule has 2 N–H and O–H groups in total. The van der Waals surface area contributed by atoms with Crippen LogP contribution in [-0.4, -0.2) is 27.2 Å². The predicted octanol–water partition coefficient (Wildman–Crippen LogP) is 5.02. The van der Waals surface area contributed by atoms with E-state index in [1.807, 2.05) is 74.5 Å². The Morgan fingerprint density at radius 3 is 2.75 bits per heavy atom. The minimum Gasteiger partial charge on any atom is -0.497 e. The summed E-state index contributed by atoms with van der Waals surface area (Å²) in [7, 11) is 1.60. The second-order valence-corrected chi connectivity index (χ2v) is 8.64. The minimum absolute atomic E-state index is 0.0767. The summed E-state index contributed by atoms with van der Waals surface area (Å²) < 4.78 is 13.2. The summed E-state index contributed by atoms with van der Waals surface area (Å²) in [5.74, 6) is 1.03. The van der Waals surface area contributed by atoms with Crippen molar-refractivity contribution in [1.29, 1.82) is 0 Å². The van der Waals surface area contributed by atoms with Crippen LogP contribution >= 0.6 is 0 Å². The van der Waals surface area contributed by atoms with Crippen LogP contribution in [0.5, 0.6) is 5.75 Å². The van der Waals surface area contributed by atoms with Crippen molar-refractivity contribution < 1.29 is 14.3 Å². The summed E-state index contributed by atoms with van der Waals surface area (Å²) in [5.41, 5.74) is 4.93. The molecule has 182 valence electrons. The fourth-order valence-electron chi connectivity index (χ4n) is 4.25. The van der Waals surface area contributed by atoms with E-state index in [1.165, 1.54) is 6.07 Å². The molecule has 2 heterocycles. The van der Waals surface area contributed by atoms with Gasteiger partial charge in [-0.15, -0.1) is 5.10 Å². The molecule has 0 radical (unpaired) electrons. The van der Waals surface area contributed by atoms with Crippen LogP contribution in [0.25, 0.3) is 28.1 Å². The first kappa shape index (κ1) is 23.3. The average molecular weight is 483 g/mol. The van der Waals surface area contributed by atoms with Crippen LogP contribution < -0.4 is 15.5 Å². The van der Waals surface area contributed by atoms with Crippen LogP contribution in [0.15, 0.2) is 82.1 Å². The normalized spacial score (nSPS) is 12.0. The Balaban J connectivity index is 1.57. The molecule has 0 fully saturated rings. The number of nitrogens with one attached hydrogen (secondary N) is 1. The standard InChI is InChI=1S/C28H26N4O4/c1-17-11-22(18(2)29-24-10-5-4-7-19(24)16-33)28-23(12-17)26(34)14-27(36-28)25-15-32(31-30-25)20-8-6-9-21(13-20)35-3/h4-15,18,29,33H,16H2,1-3H3. The summed E-state index contributed by atoms with van der Waals surface area (Å²) in [4.78, 5) is 13.1. The van der Waals surface area contributed by atoms with E-state index < -0.39 is 0 Å². The van der Waals surface area contributed by atoms with Gasteiger partial charge in [0.1, 0.15) is 17.0 Å². The van der Waals surface area contributed by atoms with Crippen molar-refractivity contribution in [2.75, 3.05) is 12.4 Å². The molecular weight excluding hydrogens is 456 g/mol. The Morgan fingerprint density at radius 1 is 1.11 bits per heavy atom. The van der Waals surface area contributed by atoms with E-state index in [-0.39, 0.29) is 18.1 Å². The Bertz CT molecular complexity index is 1610. The molecule has 36 heavy (non-hydrogen) atoms. The van der Waals surface area contributed by atoms with Crippen LogP contribution in [0.3, 0.4) is 0 Å². The molecule has 0 aliphatic carbocycles. The van der Waals surface area contributed by atoms with E-state index in [0.29, 0.717) is 28.2 Å². The smallest absolute Gasteiger partial charge is 0.193 e. The van der Waals surface area contributed by atoms with Gasteiger partial charge < -0.3 is 19.6 Å². The van der Waals surface area contributed by atoms with Crippen molar-refractivity contribution in [2.45, 2.75) is 26.5 Å². The Labute approximate surface area is 207 Å². The zero-order chi connectivity index (χ0) is 25.2. The van der Waals surface area contributed by atoms with Crippen LogP contribution in [0, 0.1) is 6.92 Å². The lowest BCUT2D eigenvalue weighted by atomic mass is 10.0. The van der Waals surface area contributed by atoms with Crippen LogP contribution in [0.2, 0.25) is 0 Å². The highest BCUT2D eigenvalue weighted by molar-refractivity contribution is 5.83. The van der Waals surface area contributed by atoms with Crippen molar-refractivity contribution in [1.82, 2.24) is 15.0 Å². The molecule has 1 unspecified atom stereocenters. The number of benzene rings is 3. The molecule has 8 nitrogen and oxygen atoms in total.